The first-order valence-corrected chi connectivity index (χ1v) is 6.65. The number of benzene rings is 1. The summed E-state index contributed by atoms with van der Waals surface area (Å²) in [6.07, 6.45) is 2.80. The molecular formula is C14H19Cl2NO2. The van der Waals surface area contributed by atoms with Gasteiger partial charge in [0, 0.05) is 11.1 Å². The fourth-order valence-corrected chi connectivity index (χ4v) is 2.56. The van der Waals surface area contributed by atoms with E-state index in [4.69, 9.17) is 16.3 Å². The van der Waals surface area contributed by atoms with Crippen molar-refractivity contribution in [3.63, 3.8) is 0 Å². The van der Waals surface area contributed by atoms with Gasteiger partial charge >= 0.3 is 5.97 Å². The lowest BCUT2D eigenvalue weighted by Gasteiger charge is -2.27. The number of hydrogen-bond acceptors (Lipinski definition) is 3. The van der Waals surface area contributed by atoms with Crippen LogP contribution in [-0.4, -0.2) is 31.1 Å². The Bertz CT molecular complexity index is 402. The van der Waals surface area contributed by atoms with Crippen LogP contribution in [0.25, 0.3) is 0 Å². The van der Waals surface area contributed by atoms with E-state index in [1.54, 1.807) is 0 Å². The van der Waals surface area contributed by atoms with Crippen LogP contribution >= 0.6 is 24.0 Å². The highest BCUT2D eigenvalue weighted by atomic mass is 35.5. The number of ether oxygens (including phenoxy) is 1. The van der Waals surface area contributed by atoms with Crippen molar-refractivity contribution in [2.75, 3.05) is 20.2 Å². The Morgan fingerprint density at radius 1 is 1.32 bits per heavy atom. The van der Waals surface area contributed by atoms with Gasteiger partial charge in [0.25, 0.3) is 0 Å². The molecule has 0 saturated carbocycles. The molecule has 1 saturated heterocycles. The number of nitrogens with zero attached hydrogens (tertiary/aromatic N) is 1. The number of rotatable bonds is 4. The van der Waals surface area contributed by atoms with Crippen LogP contribution in [0.2, 0.25) is 5.02 Å². The Hall–Kier alpha value is -0.770. The van der Waals surface area contributed by atoms with Crippen molar-refractivity contribution in [3.05, 3.63) is 34.9 Å². The van der Waals surface area contributed by atoms with Crippen molar-refractivity contribution >= 4 is 30.0 Å². The SMILES string of the molecule is COC(=O)CC(c1ccc(Cl)cc1)N1CCCC1.Cl. The lowest BCUT2D eigenvalue weighted by molar-refractivity contribution is -0.142. The summed E-state index contributed by atoms with van der Waals surface area (Å²) in [7, 11) is 1.44. The average Bonchev–Trinajstić information content (AvgIpc) is 2.90. The fraction of sp³-hybridized carbons (Fsp3) is 0.500. The third-order valence-electron chi connectivity index (χ3n) is 3.42. The molecular weight excluding hydrogens is 285 g/mol. The lowest BCUT2D eigenvalue weighted by Crippen LogP contribution is -2.28. The first-order valence-electron chi connectivity index (χ1n) is 6.27. The smallest absolute Gasteiger partial charge is 0.307 e. The molecule has 1 aromatic rings. The van der Waals surface area contributed by atoms with Crippen LogP contribution in [0.15, 0.2) is 24.3 Å². The molecule has 0 amide bonds. The normalized spacial score (nSPS) is 16.7. The number of methoxy groups -OCH3 is 1. The number of carbonyl (C=O) groups is 1. The summed E-state index contributed by atoms with van der Waals surface area (Å²) < 4.78 is 4.79. The maximum absolute atomic E-state index is 11.5. The molecule has 106 valence electrons. The molecule has 5 heteroatoms. The van der Waals surface area contributed by atoms with Crippen molar-refractivity contribution in [1.29, 1.82) is 0 Å². The minimum absolute atomic E-state index is 0. The molecule has 1 aliphatic rings. The molecule has 1 heterocycles. The van der Waals surface area contributed by atoms with Gasteiger partial charge in [-0.15, -0.1) is 12.4 Å². The Morgan fingerprint density at radius 3 is 2.42 bits per heavy atom. The molecule has 0 bridgehead atoms. The topological polar surface area (TPSA) is 29.5 Å². The molecule has 0 N–H and O–H groups in total. The second-order valence-corrected chi connectivity index (χ2v) is 5.03. The summed E-state index contributed by atoms with van der Waals surface area (Å²) in [4.78, 5) is 13.9. The maximum atomic E-state index is 11.5. The number of likely N-dealkylation sites (tertiary alicyclic amines) is 1. The Kier molecular flexibility index (Phi) is 6.63. The van der Waals surface area contributed by atoms with Crippen molar-refractivity contribution in [1.82, 2.24) is 4.90 Å². The lowest BCUT2D eigenvalue weighted by atomic mass is 10.0. The van der Waals surface area contributed by atoms with Gasteiger partial charge in [0.1, 0.15) is 0 Å². The molecule has 0 radical (unpaired) electrons. The molecule has 19 heavy (non-hydrogen) atoms. The summed E-state index contributed by atoms with van der Waals surface area (Å²) in [6, 6.07) is 7.84. The van der Waals surface area contributed by atoms with E-state index in [9.17, 15) is 4.79 Å². The zero-order valence-electron chi connectivity index (χ0n) is 11.0. The standard InChI is InChI=1S/C14H18ClNO2.ClH/c1-18-14(17)10-13(16-8-2-3-9-16)11-4-6-12(15)7-5-11;/h4-7,13H,2-3,8-10H2,1H3;1H. The molecule has 2 rings (SSSR count). The minimum Gasteiger partial charge on any atom is -0.469 e. The molecule has 1 atom stereocenters. The van der Waals surface area contributed by atoms with Gasteiger partial charge in [0.15, 0.2) is 0 Å². The van der Waals surface area contributed by atoms with E-state index in [1.165, 1.54) is 20.0 Å². The maximum Gasteiger partial charge on any atom is 0.307 e. The molecule has 1 aromatic carbocycles. The van der Waals surface area contributed by atoms with Gasteiger partial charge in [-0.05, 0) is 43.6 Å². The zero-order valence-corrected chi connectivity index (χ0v) is 12.5. The number of esters is 1. The third-order valence-corrected chi connectivity index (χ3v) is 3.68. The van der Waals surface area contributed by atoms with Gasteiger partial charge < -0.3 is 4.74 Å². The van der Waals surface area contributed by atoms with Crippen LogP contribution < -0.4 is 0 Å². The highest BCUT2D eigenvalue weighted by Crippen LogP contribution is 2.29. The molecule has 0 aromatic heterocycles. The fourth-order valence-electron chi connectivity index (χ4n) is 2.44. The number of carbonyl (C=O) groups excluding carboxylic acids is 1. The van der Waals surface area contributed by atoms with Crippen LogP contribution in [-0.2, 0) is 9.53 Å². The van der Waals surface area contributed by atoms with Crippen molar-refractivity contribution in [3.8, 4) is 0 Å². The average molecular weight is 304 g/mol. The van der Waals surface area contributed by atoms with Crippen LogP contribution in [0.1, 0.15) is 30.9 Å². The zero-order chi connectivity index (χ0) is 13.0. The van der Waals surface area contributed by atoms with Gasteiger partial charge in [-0.25, -0.2) is 0 Å². The van der Waals surface area contributed by atoms with Crippen LogP contribution in [0.3, 0.4) is 0 Å². The Labute approximate surface area is 125 Å². The predicted octanol–water partition coefficient (Wildman–Crippen LogP) is 3.46. The van der Waals surface area contributed by atoms with Gasteiger partial charge in [-0.2, -0.15) is 0 Å². The second kappa shape index (κ2) is 7.73. The second-order valence-electron chi connectivity index (χ2n) is 4.59. The first kappa shape index (κ1) is 16.3. The quantitative estimate of drug-likeness (QED) is 0.798. The summed E-state index contributed by atoms with van der Waals surface area (Å²) in [5.41, 5.74) is 1.13. The van der Waals surface area contributed by atoms with Crippen molar-refractivity contribution in [2.45, 2.75) is 25.3 Å². The van der Waals surface area contributed by atoms with E-state index in [1.807, 2.05) is 24.3 Å². The van der Waals surface area contributed by atoms with Crippen molar-refractivity contribution in [2.24, 2.45) is 0 Å². The van der Waals surface area contributed by atoms with Gasteiger partial charge in [-0.3, -0.25) is 9.69 Å². The van der Waals surface area contributed by atoms with E-state index in [0.29, 0.717) is 6.42 Å². The summed E-state index contributed by atoms with van der Waals surface area (Å²) in [5.74, 6) is -0.165. The molecule has 0 aliphatic carbocycles. The minimum atomic E-state index is -0.165. The van der Waals surface area contributed by atoms with Crippen LogP contribution in [0.5, 0.6) is 0 Å². The van der Waals surface area contributed by atoms with Gasteiger partial charge in [0.05, 0.1) is 13.5 Å². The highest BCUT2D eigenvalue weighted by molar-refractivity contribution is 6.30. The Balaban J connectivity index is 0.00000180. The van der Waals surface area contributed by atoms with Crippen molar-refractivity contribution < 1.29 is 9.53 Å². The molecule has 1 unspecified atom stereocenters. The van der Waals surface area contributed by atoms with E-state index >= 15 is 0 Å². The Morgan fingerprint density at radius 2 is 1.89 bits per heavy atom. The van der Waals surface area contributed by atoms with E-state index in [-0.39, 0.29) is 24.4 Å². The van der Waals surface area contributed by atoms with Crippen LogP contribution in [0, 0.1) is 0 Å². The summed E-state index contributed by atoms with van der Waals surface area (Å²) >= 11 is 5.90. The molecule has 0 spiro atoms. The van der Waals surface area contributed by atoms with Crippen LogP contribution in [0.4, 0.5) is 0 Å². The monoisotopic (exact) mass is 303 g/mol. The van der Waals surface area contributed by atoms with E-state index in [2.05, 4.69) is 4.90 Å². The highest BCUT2D eigenvalue weighted by Gasteiger charge is 2.25. The summed E-state index contributed by atoms with van der Waals surface area (Å²) in [6.45, 7) is 2.09. The van der Waals surface area contributed by atoms with E-state index in [0.717, 1.165) is 23.7 Å². The predicted molar refractivity (Wildman–Crippen MR) is 78.9 cm³/mol. The number of hydrogen-bond donors (Lipinski definition) is 0. The molecule has 1 aliphatic heterocycles. The summed E-state index contributed by atoms with van der Waals surface area (Å²) in [5, 5.41) is 0.719. The third kappa shape index (κ3) is 4.37. The molecule has 1 fully saturated rings. The number of halogens is 2. The molecule has 3 nitrogen and oxygen atoms in total. The largest absolute Gasteiger partial charge is 0.469 e. The van der Waals surface area contributed by atoms with Gasteiger partial charge in [0.2, 0.25) is 0 Å². The van der Waals surface area contributed by atoms with E-state index < -0.39 is 0 Å². The first-order chi connectivity index (χ1) is 8.70. The van der Waals surface area contributed by atoms with Gasteiger partial charge in [-0.1, -0.05) is 23.7 Å².